The first-order valence-corrected chi connectivity index (χ1v) is 8.08. The molecule has 1 aliphatic heterocycles. The fourth-order valence-electron chi connectivity index (χ4n) is 3.37. The average molecular weight is 335 g/mol. The third-order valence-corrected chi connectivity index (χ3v) is 4.62. The van der Waals surface area contributed by atoms with E-state index >= 15 is 0 Å². The van der Waals surface area contributed by atoms with Crippen LogP contribution < -0.4 is 4.90 Å². The number of nitrogens with one attached hydrogen (secondary N) is 1. The molecule has 2 aromatic carbocycles. The van der Waals surface area contributed by atoms with Gasteiger partial charge in [-0.15, -0.1) is 0 Å². The van der Waals surface area contributed by atoms with Crippen LogP contribution in [0.25, 0.3) is 11.0 Å². The Morgan fingerprint density at radius 1 is 1.28 bits per heavy atom. The number of aromatic nitrogens is 2. The van der Waals surface area contributed by atoms with E-state index in [4.69, 9.17) is 4.74 Å². The molecule has 0 spiro atoms. The van der Waals surface area contributed by atoms with Crippen molar-refractivity contribution < 1.29 is 14.3 Å². The first kappa shape index (κ1) is 15.4. The van der Waals surface area contributed by atoms with Crippen molar-refractivity contribution in [1.29, 1.82) is 0 Å². The lowest BCUT2D eigenvalue weighted by molar-refractivity contribution is -0.141. The molecule has 4 rings (SSSR count). The van der Waals surface area contributed by atoms with Gasteiger partial charge in [0.15, 0.2) is 0 Å². The van der Waals surface area contributed by atoms with Crippen LogP contribution in [0, 0.1) is 0 Å². The second kappa shape index (κ2) is 6.05. The number of ether oxygens (including phenoxy) is 1. The first-order valence-electron chi connectivity index (χ1n) is 8.08. The van der Waals surface area contributed by atoms with Crippen molar-refractivity contribution in [2.45, 2.75) is 12.3 Å². The Kier molecular flexibility index (Phi) is 3.72. The lowest BCUT2D eigenvalue weighted by atomic mass is 9.98. The van der Waals surface area contributed by atoms with Crippen LogP contribution in [0.2, 0.25) is 0 Å². The number of fused-ring (bicyclic) bond motifs is 2. The molecule has 3 aromatic rings. The molecular formula is C19H17N3O3. The molecule has 2 heterocycles. The Morgan fingerprint density at radius 2 is 2.12 bits per heavy atom. The van der Waals surface area contributed by atoms with E-state index in [9.17, 15) is 9.59 Å². The molecule has 0 aliphatic carbocycles. The van der Waals surface area contributed by atoms with Crippen LogP contribution in [-0.4, -0.2) is 35.5 Å². The molecule has 1 atom stereocenters. The second-order valence-corrected chi connectivity index (χ2v) is 6.09. The summed E-state index contributed by atoms with van der Waals surface area (Å²) in [5.74, 6) is -0.409. The van der Waals surface area contributed by atoms with Crippen molar-refractivity contribution in [2.75, 3.05) is 18.6 Å². The number of imidazole rings is 1. The number of anilines is 1. The van der Waals surface area contributed by atoms with Gasteiger partial charge in [0.2, 0.25) is 0 Å². The minimum Gasteiger partial charge on any atom is -0.469 e. The molecule has 1 aromatic heterocycles. The molecule has 0 bridgehead atoms. The fraction of sp³-hybridized carbons (Fsp3) is 0.211. The van der Waals surface area contributed by atoms with Gasteiger partial charge in [0.1, 0.15) is 0 Å². The zero-order valence-electron chi connectivity index (χ0n) is 13.7. The number of amides is 1. The molecule has 1 aliphatic rings. The van der Waals surface area contributed by atoms with Gasteiger partial charge in [0.05, 0.1) is 30.9 Å². The number of methoxy groups -OCH3 is 1. The van der Waals surface area contributed by atoms with E-state index in [1.165, 1.54) is 7.11 Å². The molecular weight excluding hydrogens is 318 g/mol. The van der Waals surface area contributed by atoms with Crippen LogP contribution >= 0.6 is 0 Å². The van der Waals surface area contributed by atoms with Crippen molar-refractivity contribution in [3.05, 3.63) is 59.9 Å². The number of aromatic amines is 1. The molecule has 126 valence electrons. The van der Waals surface area contributed by atoms with Crippen molar-refractivity contribution >= 4 is 28.6 Å². The number of para-hydroxylation sites is 1. The maximum Gasteiger partial charge on any atom is 0.306 e. The number of H-pyrrole nitrogens is 1. The summed E-state index contributed by atoms with van der Waals surface area (Å²) in [6.45, 7) is 0.467. The van der Waals surface area contributed by atoms with E-state index in [1.54, 1.807) is 23.4 Å². The average Bonchev–Trinajstić information content (AvgIpc) is 3.25. The van der Waals surface area contributed by atoms with E-state index in [-0.39, 0.29) is 24.2 Å². The van der Waals surface area contributed by atoms with Gasteiger partial charge in [-0.05, 0) is 29.8 Å². The zero-order valence-corrected chi connectivity index (χ0v) is 13.7. The third-order valence-electron chi connectivity index (χ3n) is 4.62. The van der Waals surface area contributed by atoms with Gasteiger partial charge in [-0.25, -0.2) is 4.98 Å². The first-order chi connectivity index (χ1) is 12.2. The molecule has 1 unspecified atom stereocenters. The standard InChI is InChI=1S/C19H17N3O3/c1-25-18(23)9-13-10-22(17-5-3-2-4-14(13)17)19(24)12-6-7-15-16(8-12)21-11-20-15/h2-8,11,13H,9-10H2,1H3,(H,20,21). The largest absolute Gasteiger partial charge is 0.469 e. The van der Waals surface area contributed by atoms with Crippen molar-refractivity contribution in [3.8, 4) is 0 Å². The number of hydrogen-bond donors (Lipinski definition) is 1. The maximum atomic E-state index is 13.1. The Bertz CT molecular complexity index is 963. The van der Waals surface area contributed by atoms with E-state index in [0.717, 1.165) is 22.3 Å². The van der Waals surface area contributed by atoms with Gasteiger partial charge in [-0.1, -0.05) is 18.2 Å². The molecule has 6 nitrogen and oxygen atoms in total. The third kappa shape index (κ3) is 2.65. The molecule has 0 saturated carbocycles. The van der Waals surface area contributed by atoms with Crippen LogP contribution in [0.5, 0.6) is 0 Å². The monoisotopic (exact) mass is 335 g/mol. The van der Waals surface area contributed by atoms with Crippen LogP contribution in [0.15, 0.2) is 48.8 Å². The molecule has 6 heteroatoms. The molecule has 25 heavy (non-hydrogen) atoms. The fourth-order valence-corrected chi connectivity index (χ4v) is 3.37. The Labute approximate surface area is 144 Å². The van der Waals surface area contributed by atoms with Crippen molar-refractivity contribution in [3.63, 3.8) is 0 Å². The normalized spacial score (nSPS) is 16.0. The summed E-state index contributed by atoms with van der Waals surface area (Å²) < 4.78 is 4.79. The van der Waals surface area contributed by atoms with Gasteiger partial charge >= 0.3 is 5.97 Å². The predicted molar refractivity (Wildman–Crippen MR) is 93.6 cm³/mol. The van der Waals surface area contributed by atoms with E-state index in [2.05, 4.69) is 9.97 Å². The maximum absolute atomic E-state index is 13.1. The van der Waals surface area contributed by atoms with E-state index in [0.29, 0.717) is 12.1 Å². The van der Waals surface area contributed by atoms with E-state index < -0.39 is 0 Å². The van der Waals surface area contributed by atoms with Crippen molar-refractivity contribution in [2.24, 2.45) is 0 Å². The molecule has 0 fully saturated rings. The van der Waals surface area contributed by atoms with Crippen LogP contribution in [0.3, 0.4) is 0 Å². The molecule has 1 N–H and O–H groups in total. The van der Waals surface area contributed by atoms with Crippen molar-refractivity contribution in [1.82, 2.24) is 9.97 Å². The van der Waals surface area contributed by atoms with Crippen LogP contribution in [0.1, 0.15) is 28.3 Å². The Hall–Kier alpha value is -3.15. The lowest BCUT2D eigenvalue weighted by Gasteiger charge is -2.18. The highest BCUT2D eigenvalue weighted by molar-refractivity contribution is 6.09. The van der Waals surface area contributed by atoms with Crippen LogP contribution in [-0.2, 0) is 9.53 Å². The van der Waals surface area contributed by atoms with Gasteiger partial charge in [0, 0.05) is 23.7 Å². The minimum absolute atomic E-state index is 0.0523. The highest BCUT2D eigenvalue weighted by atomic mass is 16.5. The van der Waals surface area contributed by atoms with Gasteiger partial charge in [0.25, 0.3) is 5.91 Å². The predicted octanol–water partition coefficient (Wildman–Crippen LogP) is 2.87. The van der Waals surface area contributed by atoms with E-state index in [1.807, 2.05) is 30.3 Å². The summed E-state index contributed by atoms with van der Waals surface area (Å²) in [5, 5.41) is 0. The van der Waals surface area contributed by atoms with Gasteiger partial charge in [-0.2, -0.15) is 0 Å². The SMILES string of the molecule is COC(=O)CC1CN(C(=O)c2ccc3nc[nH]c3c2)c2ccccc21. The summed E-state index contributed by atoms with van der Waals surface area (Å²) >= 11 is 0. The second-order valence-electron chi connectivity index (χ2n) is 6.09. The molecule has 0 saturated heterocycles. The topological polar surface area (TPSA) is 75.3 Å². The number of rotatable bonds is 3. The van der Waals surface area contributed by atoms with Crippen LogP contribution in [0.4, 0.5) is 5.69 Å². The summed E-state index contributed by atoms with van der Waals surface area (Å²) in [5.41, 5.74) is 4.09. The quantitative estimate of drug-likeness (QED) is 0.747. The minimum atomic E-state index is -0.270. The highest BCUT2D eigenvalue weighted by Crippen LogP contribution is 2.39. The number of carbonyl (C=O) groups is 2. The summed E-state index contributed by atoms with van der Waals surface area (Å²) in [4.78, 5) is 33.7. The number of nitrogens with zero attached hydrogens (tertiary/aromatic N) is 2. The Morgan fingerprint density at radius 3 is 2.96 bits per heavy atom. The lowest BCUT2D eigenvalue weighted by Crippen LogP contribution is -2.30. The molecule has 0 radical (unpaired) electrons. The number of hydrogen-bond acceptors (Lipinski definition) is 4. The summed E-state index contributed by atoms with van der Waals surface area (Å²) in [6.07, 6.45) is 1.87. The van der Waals surface area contributed by atoms with Gasteiger partial charge < -0.3 is 14.6 Å². The summed E-state index contributed by atoms with van der Waals surface area (Å²) in [6, 6.07) is 13.1. The highest BCUT2D eigenvalue weighted by Gasteiger charge is 2.34. The zero-order chi connectivity index (χ0) is 17.4. The number of carbonyl (C=O) groups excluding carboxylic acids is 2. The van der Waals surface area contributed by atoms with Gasteiger partial charge in [-0.3, -0.25) is 9.59 Å². The smallest absolute Gasteiger partial charge is 0.306 e. The summed E-state index contributed by atoms with van der Waals surface area (Å²) in [7, 11) is 1.38. The number of benzene rings is 2. The Balaban J connectivity index is 1.67. The molecule has 1 amide bonds. The number of esters is 1.